The number of carbonyl (C=O) groups excluding carboxylic acids is 12. The molecular formula is C87H134ClN17O21S2. The number of likely N-dealkylation sites (tertiary alicyclic amines) is 2. The minimum absolute atomic E-state index is 0.0600. The minimum atomic E-state index is -1.93. The van der Waals surface area contributed by atoms with Crippen LogP contribution in [0, 0.1) is 28.1 Å². The molecule has 1 unspecified atom stereocenters. The standard InChI is InChI=1S/C87H134ClN17O21S2/c1-19-66(108)103(16)62-44-54(45-63(122-17)68(62)88)42-48(4)25-20-30-65(123-18)87(121)46-64(125-83(120)101-87)49(5)71-86(14,126-71)51(7)124-80(119)50(6)102(15)67(109)35-40-127-128-85(12,13)70(95-52(8)106)78(116)105-39-24-29-61(105)75(113)98-58(41-47(2)3)77(115)104-38-23-28-60(104)74(112)96-57(27-22-37-94-82(91)92)73(111)100-69(84(9,10)11)76(114)97-56(26-21-36-93-81(89)90)72(110)99-59(79(117)118)43-53-31-33-55(107)34-32-53/h20,25,30-34,44-45,47,49-51,56-61,64-65,69-71,107,121H,19,21-24,26-29,35-43,46H2,1-18H3,(H,95,106)(H,96,112)(H,97,114)(H,98,113)(H,99,110)(H,100,111)(H,101,120)(H,117,118)(H4,89,90,93)(H4,91,92,94)/b30-20+,48-25+/t49-,50+,51+,56+,57+,58+,59+,60+,61+,64+,65-,69-,70-,71+,86+,87?/m1/s1. The minimum Gasteiger partial charge on any atom is -0.508 e. The number of guanidine groups is 2. The van der Waals surface area contributed by atoms with Gasteiger partial charge in [0, 0.05) is 96.4 Å². The Morgan fingerprint density at radius 1 is 0.766 bits per heavy atom. The highest BCUT2D eigenvalue weighted by Crippen LogP contribution is 2.48. The largest absolute Gasteiger partial charge is 0.508 e. The van der Waals surface area contributed by atoms with Gasteiger partial charge in [0.05, 0.1) is 18.9 Å². The fourth-order valence-electron chi connectivity index (χ4n) is 15.6. The van der Waals surface area contributed by atoms with Gasteiger partial charge in [-0.25, -0.2) is 14.4 Å². The van der Waals surface area contributed by atoms with Crippen LogP contribution in [0.1, 0.15) is 185 Å². The highest BCUT2D eigenvalue weighted by molar-refractivity contribution is 8.77. The van der Waals surface area contributed by atoms with Crippen LogP contribution in [0.3, 0.4) is 0 Å². The maximum absolute atomic E-state index is 15.0. The van der Waals surface area contributed by atoms with Crippen LogP contribution in [0.4, 0.5) is 10.5 Å². The van der Waals surface area contributed by atoms with Crippen LogP contribution in [-0.2, 0) is 89.3 Å². The van der Waals surface area contributed by atoms with Crippen molar-refractivity contribution in [3.8, 4) is 11.5 Å². The number of amides is 11. The Hall–Kier alpha value is -10.2. The zero-order chi connectivity index (χ0) is 95.8. The molecule has 0 aromatic heterocycles. The average Bonchev–Trinajstić information content (AvgIpc) is 1.57. The molecule has 0 aliphatic carbocycles. The summed E-state index contributed by atoms with van der Waals surface area (Å²) in [4.78, 5) is 187. The van der Waals surface area contributed by atoms with Gasteiger partial charge in [-0.15, -0.1) is 0 Å². The van der Waals surface area contributed by atoms with Crippen molar-refractivity contribution in [2.75, 3.05) is 65.1 Å². The number of aliphatic carboxylic acids is 1. The second-order valence-corrected chi connectivity index (χ2v) is 38.8. The maximum Gasteiger partial charge on any atom is 0.409 e. The highest BCUT2D eigenvalue weighted by Gasteiger charge is 2.63. The second kappa shape index (κ2) is 47.9. The van der Waals surface area contributed by atoms with Gasteiger partial charge in [0.2, 0.25) is 59.1 Å². The number of aliphatic hydroxyl groups is 1. The number of nitrogens with two attached hydrogens (primary N) is 2. The molecule has 38 nitrogen and oxygen atoms in total. The number of hydrogen-bond donors (Lipinski definition) is 16. The Bertz CT molecular complexity index is 4370. The molecular weight excluding hydrogens is 1720 g/mol. The number of phenols is 1. The number of methoxy groups -OCH3 is 2. The third-order valence-electron chi connectivity index (χ3n) is 23.3. The number of allylic oxidation sites excluding steroid dienone is 3. The monoisotopic (exact) mass is 1850 g/mol. The number of cyclic esters (lactones) is 1. The summed E-state index contributed by atoms with van der Waals surface area (Å²) in [5.41, 5.74) is 9.67. The first-order valence-corrected chi connectivity index (χ1v) is 45.8. The van der Waals surface area contributed by atoms with Crippen molar-refractivity contribution in [2.45, 2.75) is 282 Å². The smallest absolute Gasteiger partial charge is 0.409 e. The number of likely N-dealkylation sites (N-methyl/N-ethyl adjacent to an activating group) is 1. The zero-order valence-corrected chi connectivity index (χ0v) is 79.0. The Labute approximate surface area is 761 Å². The number of esters is 1. The molecule has 2 aromatic carbocycles. The number of carbonyl (C=O) groups is 13. The van der Waals surface area contributed by atoms with Crippen LogP contribution >= 0.6 is 33.2 Å². The molecule has 16 atom stereocenters. The van der Waals surface area contributed by atoms with Crippen LogP contribution in [0.15, 0.2) is 60.2 Å². The predicted molar refractivity (Wildman–Crippen MR) is 484 cm³/mol. The van der Waals surface area contributed by atoms with Crippen molar-refractivity contribution in [3.05, 3.63) is 76.3 Å². The molecule has 2 aromatic rings. The third-order valence-corrected chi connectivity index (χ3v) is 26.9. The summed E-state index contributed by atoms with van der Waals surface area (Å²) < 4.78 is 28.0. The number of alkyl carbamates (subject to hydrolysis) is 1. The maximum atomic E-state index is 15.0. The summed E-state index contributed by atoms with van der Waals surface area (Å²) >= 11 is 6.60. The topological polar surface area (TPSA) is 553 Å². The summed E-state index contributed by atoms with van der Waals surface area (Å²) in [5, 5.41) is 71.8. The first kappa shape index (κ1) is 107. The van der Waals surface area contributed by atoms with Crippen molar-refractivity contribution < 1.29 is 101 Å². The van der Waals surface area contributed by atoms with E-state index in [1.165, 1.54) is 101 Å². The van der Waals surface area contributed by atoms with Gasteiger partial charge < -0.3 is 113 Å². The zero-order valence-electron chi connectivity index (χ0n) is 76.6. The lowest BCUT2D eigenvalue weighted by atomic mass is 9.84. The van der Waals surface area contributed by atoms with Gasteiger partial charge in [-0.05, 0) is 152 Å². The first-order chi connectivity index (χ1) is 59.9. The van der Waals surface area contributed by atoms with E-state index in [0.717, 1.165) is 11.1 Å². The Kier molecular flexibility index (Phi) is 39.9. The molecule has 6 rings (SSSR count). The van der Waals surface area contributed by atoms with Gasteiger partial charge >= 0.3 is 18.0 Å². The van der Waals surface area contributed by atoms with Crippen molar-refractivity contribution in [1.82, 2.24) is 62.6 Å². The molecule has 128 heavy (non-hydrogen) atoms. The van der Waals surface area contributed by atoms with Gasteiger partial charge in [0.1, 0.15) is 94.8 Å². The molecule has 4 aliphatic rings. The van der Waals surface area contributed by atoms with Crippen LogP contribution < -0.4 is 69.0 Å². The number of carboxylic acid groups (broad SMARTS) is 1. The normalized spacial score (nSPS) is 21.1. The average molecular weight is 1850 g/mol. The summed E-state index contributed by atoms with van der Waals surface area (Å²) in [6.45, 7) is 24.1. The number of hydrogen-bond acceptors (Lipinski definition) is 24. The Balaban J connectivity index is 1.05. The Morgan fingerprint density at radius 3 is 1.87 bits per heavy atom. The summed E-state index contributed by atoms with van der Waals surface area (Å²) in [5.74, 6) is -9.22. The van der Waals surface area contributed by atoms with E-state index in [9.17, 15) is 77.6 Å². The van der Waals surface area contributed by atoms with Crippen molar-refractivity contribution >= 4 is 128 Å². The number of nitrogens with one attached hydrogen (secondary N) is 11. The van der Waals surface area contributed by atoms with Gasteiger partial charge in [-0.3, -0.25) is 64.1 Å². The van der Waals surface area contributed by atoms with Crippen LogP contribution in [0.2, 0.25) is 5.02 Å². The Morgan fingerprint density at radius 2 is 1.33 bits per heavy atom. The second-order valence-electron chi connectivity index (χ2n) is 35.3. The molecule has 4 aliphatic heterocycles. The fraction of sp³-hybridized carbons (Fsp3) is 0.644. The molecule has 0 saturated carbocycles. The lowest BCUT2D eigenvalue weighted by molar-refractivity contribution is -0.159. The number of benzene rings is 2. The third kappa shape index (κ3) is 30.2. The van der Waals surface area contributed by atoms with E-state index in [0.29, 0.717) is 41.3 Å². The van der Waals surface area contributed by atoms with Crippen molar-refractivity contribution in [1.29, 1.82) is 10.8 Å². The number of phenolic OH excluding ortho intramolecular Hbond substituents is 1. The molecule has 4 saturated heterocycles. The molecule has 18 N–H and O–H groups in total. The van der Waals surface area contributed by atoms with Crippen LogP contribution in [0.5, 0.6) is 11.5 Å². The van der Waals surface area contributed by atoms with Gasteiger partial charge in [0.15, 0.2) is 17.6 Å². The van der Waals surface area contributed by atoms with E-state index in [4.69, 9.17) is 57.6 Å². The van der Waals surface area contributed by atoms with E-state index in [-0.39, 0.29) is 132 Å². The molecule has 0 radical (unpaired) electrons. The molecule has 0 bridgehead atoms. The summed E-state index contributed by atoms with van der Waals surface area (Å²) in [6, 6.07) is -2.10. The summed E-state index contributed by atoms with van der Waals surface area (Å²) in [7, 11) is 8.48. The number of nitrogens with zero attached hydrogens (tertiary/aromatic N) is 4. The number of ether oxygens (including phenoxy) is 5. The predicted octanol–water partition coefficient (Wildman–Crippen LogP) is 4.65. The molecule has 0 spiro atoms. The first-order valence-electron chi connectivity index (χ1n) is 43.1. The van der Waals surface area contributed by atoms with Crippen LogP contribution in [-0.4, -0.2) is 274 Å². The lowest BCUT2D eigenvalue weighted by Gasteiger charge is -2.42. The van der Waals surface area contributed by atoms with E-state index in [2.05, 4.69) is 47.9 Å². The van der Waals surface area contributed by atoms with E-state index < -0.39 is 177 Å². The van der Waals surface area contributed by atoms with Gasteiger partial charge in [0.25, 0.3) is 0 Å². The quantitative estimate of drug-likeness (QED) is 0.00815. The number of rotatable bonds is 47. The number of aromatic hydroxyl groups is 1. The summed E-state index contributed by atoms with van der Waals surface area (Å²) in [6.07, 6.45) is 2.52. The number of epoxide rings is 1. The molecule has 4 heterocycles. The fourth-order valence-corrected chi connectivity index (χ4v) is 18.5. The van der Waals surface area contributed by atoms with E-state index in [1.807, 2.05) is 32.9 Å². The highest BCUT2D eigenvalue weighted by atomic mass is 35.5. The molecule has 11 amide bonds. The molecule has 712 valence electrons. The van der Waals surface area contributed by atoms with Crippen LogP contribution in [0.25, 0.3) is 0 Å². The molecule has 41 heteroatoms. The number of carboxylic acids is 1. The van der Waals surface area contributed by atoms with Crippen molar-refractivity contribution in [3.63, 3.8) is 0 Å². The van der Waals surface area contributed by atoms with E-state index in [1.54, 1.807) is 87.6 Å². The lowest BCUT2D eigenvalue weighted by Crippen LogP contribution is -2.63. The molecule has 4 fully saturated rings. The SMILES string of the molecule is CCC(=O)N(C)c1cc(C/C(C)=C/C=C/[C@@H](OC)C2(O)C[C@@H]([C@@H](C)[C@@H]3O[C@@]3(C)[C@H](C)OC(=O)[C@H](C)N(C)C(=O)CCSSC(C)(C)[C@H](NC(C)=O)C(=O)N3CCC[C@H]3C(=O)N[C@@H](CC(C)C)C(=O)N3CCC[C@H]3C(=O)N[C@@H](CCCNC(=N)N)C(=O)N[C@H](C(=O)N[C@@H](CCCNC(=N)N)C(=O)N[C@@H](Cc3ccc(O)cc3)C(=O)O)C(C)(C)C)OC(=O)N2)cc(OC)c1Cl. The van der Waals surface area contributed by atoms with Gasteiger partial charge in [-0.1, -0.05) is 118 Å². The van der Waals surface area contributed by atoms with E-state index >= 15 is 0 Å². The van der Waals surface area contributed by atoms with Crippen molar-refractivity contribution in [2.24, 2.45) is 28.7 Å². The van der Waals surface area contributed by atoms with Gasteiger partial charge in [-0.2, -0.15) is 0 Å². The number of halogens is 1. The number of anilines is 1.